The van der Waals surface area contributed by atoms with Crippen LogP contribution in [0.5, 0.6) is 0 Å². The van der Waals surface area contributed by atoms with Gasteiger partial charge in [0.2, 0.25) is 0 Å². The van der Waals surface area contributed by atoms with Gasteiger partial charge in [-0.3, -0.25) is 0 Å². The van der Waals surface area contributed by atoms with Crippen molar-refractivity contribution in [1.29, 1.82) is 0 Å². The Labute approximate surface area is 109 Å². The van der Waals surface area contributed by atoms with Crippen molar-refractivity contribution in [3.63, 3.8) is 0 Å². The van der Waals surface area contributed by atoms with Gasteiger partial charge in [0.1, 0.15) is 0 Å². The third-order valence-corrected chi connectivity index (χ3v) is 3.05. The number of benzene rings is 2. The minimum absolute atomic E-state index is 1.18. The van der Waals surface area contributed by atoms with Gasteiger partial charge in [-0.1, -0.05) is 61.2 Å². The van der Waals surface area contributed by atoms with Crippen molar-refractivity contribution in [2.75, 3.05) is 0 Å². The van der Waals surface area contributed by atoms with Crippen LogP contribution in [0, 0.1) is 0 Å². The highest BCUT2D eigenvalue weighted by Gasteiger charge is 2.06. The Morgan fingerprint density at radius 3 is 2.17 bits per heavy atom. The van der Waals surface area contributed by atoms with Gasteiger partial charge in [-0.05, 0) is 47.4 Å². The van der Waals surface area contributed by atoms with Gasteiger partial charge in [0.15, 0.2) is 0 Å². The van der Waals surface area contributed by atoms with Crippen LogP contribution in [0.15, 0.2) is 49.1 Å². The van der Waals surface area contributed by atoms with Crippen molar-refractivity contribution in [2.45, 2.75) is 13.8 Å². The van der Waals surface area contributed by atoms with Gasteiger partial charge in [0.05, 0.1) is 0 Å². The second kappa shape index (κ2) is 5.50. The molecule has 0 heterocycles. The van der Waals surface area contributed by atoms with Gasteiger partial charge < -0.3 is 0 Å². The normalized spacial score (nSPS) is 11.7. The van der Waals surface area contributed by atoms with E-state index in [1.54, 1.807) is 0 Å². The maximum absolute atomic E-state index is 3.92. The fraction of sp³-hybridized carbons (Fsp3) is 0.111. The molecular weight excluding hydrogens is 216 g/mol. The summed E-state index contributed by atoms with van der Waals surface area (Å²) in [5.41, 5.74) is 3.67. The van der Waals surface area contributed by atoms with Gasteiger partial charge in [-0.25, -0.2) is 0 Å². The Kier molecular flexibility index (Phi) is 3.78. The van der Waals surface area contributed by atoms with Gasteiger partial charge in [0, 0.05) is 0 Å². The fourth-order valence-electron chi connectivity index (χ4n) is 2.29. The van der Waals surface area contributed by atoms with Crippen LogP contribution in [0.25, 0.3) is 29.0 Å². The Hall–Kier alpha value is -2.08. The maximum Gasteiger partial charge on any atom is -0.00995 e. The van der Waals surface area contributed by atoms with E-state index in [1.807, 2.05) is 19.9 Å². The second-order valence-corrected chi connectivity index (χ2v) is 4.22. The third kappa shape index (κ3) is 2.14. The summed E-state index contributed by atoms with van der Waals surface area (Å²) in [6.07, 6.45) is 10.4. The van der Waals surface area contributed by atoms with E-state index in [-0.39, 0.29) is 0 Å². The van der Waals surface area contributed by atoms with Crippen LogP contribution in [-0.2, 0) is 0 Å². The largest absolute Gasteiger partial charge is 0.0984 e. The SMILES string of the molecule is C=Cc1cc(/C=C\C)c2ccccc2c1/C=C\C. The summed E-state index contributed by atoms with van der Waals surface area (Å²) in [6, 6.07) is 10.7. The standard InChI is InChI=1S/C18H18/c1-4-9-15-13-14(6-3)16(10-5-2)18-12-8-7-11-17(15)18/h4-13H,3H2,1-2H3/b9-4-,10-5-. The topological polar surface area (TPSA) is 0 Å². The lowest BCUT2D eigenvalue weighted by atomic mass is 9.94. The molecule has 0 amide bonds. The molecule has 0 atom stereocenters. The van der Waals surface area contributed by atoms with Crippen molar-refractivity contribution in [3.05, 3.63) is 65.8 Å². The second-order valence-electron chi connectivity index (χ2n) is 4.22. The minimum atomic E-state index is 1.18. The maximum atomic E-state index is 3.92. The monoisotopic (exact) mass is 234 g/mol. The van der Waals surface area contributed by atoms with Crippen LogP contribution in [-0.4, -0.2) is 0 Å². The summed E-state index contributed by atoms with van der Waals surface area (Å²) in [4.78, 5) is 0. The van der Waals surface area contributed by atoms with Crippen molar-refractivity contribution in [3.8, 4) is 0 Å². The van der Waals surface area contributed by atoms with Crippen molar-refractivity contribution >= 4 is 29.0 Å². The molecule has 0 bridgehead atoms. The molecule has 2 aromatic rings. The van der Waals surface area contributed by atoms with E-state index in [4.69, 9.17) is 0 Å². The Bertz CT molecular complexity index is 628. The summed E-state index contributed by atoms with van der Waals surface area (Å²) in [6.45, 7) is 8.01. The molecule has 0 aliphatic rings. The van der Waals surface area contributed by atoms with Gasteiger partial charge in [0.25, 0.3) is 0 Å². The molecule has 0 saturated carbocycles. The predicted octanol–water partition coefficient (Wildman–Crippen LogP) is 5.55. The number of hydrogen-bond donors (Lipinski definition) is 0. The van der Waals surface area contributed by atoms with E-state index in [0.717, 1.165) is 0 Å². The molecule has 0 saturated heterocycles. The summed E-state index contributed by atoms with van der Waals surface area (Å²) in [5, 5.41) is 2.57. The van der Waals surface area contributed by atoms with Crippen LogP contribution >= 0.6 is 0 Å². The zero-order valence-electron chi connectivity index (χ0n) is 11.0. The molecule has 0 aromatic heterocycles. The van der Waals surface area contributed by atoms with Crippen LogP contribution < -0.4 is 0 Å². The highest BCUT2D eigenvalue weighted by atomic mass is 14.1. The van der Waals surface area contributed by atoms with Gasteiger partial charge in [-0.15, -0.1) is 0 Å². The first-order valence-electron chi connectivity index (χ1n) is 6.25. The lowest BCUT2D eigenvalue weighted by molar-refractivity contribution is 1.62. The van der Waals surface area contributed by atoms with E-state index in [9.17, 15) is 0 Å². The van der Waals surface area contributed by atoms with Crippen LogP contribution in [0.4, 0.5) is 0 Å². The summed E-state index contributed by atoms with van der Waals surface area (Å²) >= 11 is 0. The molecule has 2 aromatic carbocycles. The number of allylic oxidation sites excluding steroid dienone is 2. The highest BCUT2D eigenvalue weighted by molar-refractivity contribution is 5.99. The number of rotatable bonds is 3. The zero-order chi connectivity index (χ0) is 13.0. The first kappa shape index (κ1) is 12.4. The molecule has 0 heteroatoms. The average Bonchev–Trinajstić information content (AvgIpc) is 2.41. The lowest BCUT2D eigenvalue weighted by Crippen LogP contribution is -1.88. The van der Waals surface area contributed by atoms with Crippen LogP contribution in [0.3, 0.4) is 0 Å². The summed E-state index contributed by atoms with van der Waals surface area (Å²) in [7, 11) is 0. The summed E-state index contributed by atoms with van der Waals surface area (Å²) in [5.74, 6) is 0. The van der Waals surface area contributed by atoms with Crippen molar-refractivity contribution < 1.29 is 0 Å². The molecule has 0 aliphatic carbocycles. The molecule has 2 rings (SSSR count). The molecule has 18 heavy (non-hydrogen) atoms. The van der Waals surface area contributed by atoms with E-state index < -0.39 is 0 Å². The molecule has 0 aliphatic heterocycles. The fourth-order valence-corrected chi connectivity index (χ4v) is 2.29. The summed E-state index contributed by atoms with van der Waals surface area (Å²) < 4.78 is 0. The quantitative estimate of drug-likeness (QED) is 0.653. The Balaban J connectivity index is 2.91. The Morgan fingerprint density at radius 1 is 0.889 bits per heavy atom. The van der Waals surface area contributed by atoms with Gasteiger partial charge >= 0.3 is 0 Å². The molecule has 0 fully saturated rings. The zero-order valence-corrected chi connectivity index (χ0v) is 11.0. The van der Waals surface area contributed by atoms with Gasteiger partial charge in [-0.2, -0.15) is 0 Å². The molecule has 0 nitrogen and oxygen atoms in total. The lowest BCUT2D eigenvalue weighted by Gasteiger charge is -2.10. The van der Waals surface area contributed by atoms with E-state index in [0.29, 0.717) is 0 Å². The molecule has 0 radical (unpaired) electrons. The smallest absolute Gasteiger partial charge is 0.00995 e. The first-order valence-corrected chi connectivity index (χ1v) is 6.25. The molecular formula is C18H18. The van der Waals surface area contributed by atoms with Crippen molar-refractivity contribution in [1.82, 2.24) is 0 Å². The van der Waals surface area contributed by atoms with Crippen LogP contribution in [0.2, 0.25) is 0 Å². The molecule has 0 unspecified atom stereocenters. The molecule has 0 N–H and O–H groups in total. The first-order chi connectivity index (χ1) is 8.81. The third-order valence-electron chi connectivity index (χ3n) is 3.05. The van der Waals surface area contributed by atoms with Crippen LogP contribution in [0.1, 0.15) is 30.5 Å². The van der Waals surface area contributed by atoms with E-state index in [2.05, 4.69) is 61.2 Å². The predicted molar refractivity (Wildman–Crippen MR) is 83.5 cm³/mol. The highest BCUT2D eigenvalue weighted by Crippen LogP contribution is 2.29. The minimum Gasteiger partial charge on any atom is -0.0984 e. The molecule has 0 spiro atoms. The molecule has 90 valence electrons. The number of hydrogen-bond acceptors (Lipinski definition) is 0. The average molecular weight is 234 g/mol. The van der Waals surface area contributed by atoms with E-state index in [1.165, 1.54) is 27.5 Å². The number of fused-ring (bicyclic) bond motifs is 1. The Morgan fingerprint density at radius 2 is 1.56 bits per heavy atom. The van der Waals surface area contributed by atoms with E-state index >= 15 is 0 Å². The van der Waals surface area contributed by atoms with Crippen molar-refractivity contribution in [2.24, 2.45) is 0 Å².